The third-order valence-corrected chi connectivity index (χ3v) is 8.25. The van der Waals surface area contributed by atoms with E-state index in [2.05, 4.69) is 15.4 Å². The lowest BCUT2D eigenvalue weighted by atomic mass is 10.1. The van der Waals surface area contributed by atoms with Crippen LogP contribution in [0.15, 0.2) is 41.3 Å². The van der Waals surface area contributed by atoms with Gasteiger partial charge in [0, 0.05) is 25.9 Å². The minimum Gasteiger partial charge on any atom is -0.384 e. The number of fused-ring (bicyclic) bond motifs is 2. The fourth-order valence-electron chi connectivity index (χ4n) is 4.86. The van der Waals surface area contributed by atoms with Gasteiger partial charge in [0.1, 0.15) is 16.5 Å². The van der Waals surface area contributed by atoms with Gasteiger partial charge in [-0.3, -0.25) is 14.4 Å². The molecule has 34 heavy (non-hydrogen) atoms. The van der Waals surface area contributed by atoms with Gasteiger partial charge in [-0.2, -0.15) is 0 Å². The number of carbonyl (C=O) groups excluding carboxylic acids is 3. The maximum atomic E-state index is 13.4. The number of para-hydroxylation sites is 1. The fraction of sp³-hybridized carbons (Fsp3) is 0.542. The van der Waals surface area contributed by atoms with E-state index in [9.17, 15) is 22.8 Å². The number of anilines is 1. The number of nitrogens with zero attached hydrogens (tertiary/aromatic N) is 1. The van der Waals surface area contributed by atoms with E-state index < -0.39 is 33.4 Å². The second-order valence-corrected chi connectivity index (χ2v) is 10.9. The molecule has 0 radical (unpaired) electrons. The van der Waals surface area contributed by atoms with E-state index in [1.54, 1.807) is 18.2 Å². The van der Waals surface area contributed by atoms with Gasteiger partial charge in [0.25, 0.3) is 15.9 Å². The summed E-state index contributed by atoms with van der Waals surface area (Å²) in [7, 11) is -4.17. The second-order valence-electron chi connectivity index (χ2n) is 9.28. The van der Waals surface area contributed by atoms with Crippen molar-refractivity contribution in [2.75, 3.05) is 18.4 Å². The lowest BCUT2D eigenvalue weighted by molar-refractivity contribution is -0.138. The van der Waals surface area contributed by atoms with Crippen molar-refractivity contribution in [3.63, 3.8) is 0 Å². The molecule has 0 spiro atoms. The number of allylic oxidation sites excluding steroid dienone is 1. The Balaban J connectivity index is 1.61. The standard InChI is InChI=1S/C24H32N4O5S/c1-17(29)28-15-9-12-20(28)22(30)26-24-16-18(24)10-5-3-2-4-8-14-25-19-11-6-7-13-21(19)34(32,33)27-23(24)31/h5-7,10-11,13,18,20,25H,2-4,8-9,12,14-16H2,1H3,(H,26,30)(H,27,31)/b10-5-/t18-,20+,24-/m1/s1. The minimum absolute atomic E-state index is 0.00834. The van der Waals surface area contributed by atoms with Gasteiger partial charge in [0.2, 0.25) is 11.8 Å². The van der Waals surface area contributed by atoms with E-state index in [0.717, 1.165) is 25.7 Å². The molecule has 3 atom stereocenters. The molecule has 1 saturated heterocycles. The van der Waals surface area contributed by atoms with Crippen molar-refractivity contribution < 1.29 is 22.8 Å². The molecule has 0 bridgehead atoms. The molecule has 3 amide bonds. The highest BCUT2D eigenvalue weighted by Crippen LogP contribution is 2.45. The summed E-state index contributed by atoms with van der Waals surface area (Å²) in [6.45, 7) is 2.54. The van der Waals surface area contributed by atoms with Crippen molar-refractivity contribution in [2.45, 2.75) is 68.3 Å². The van der Waals surface area contributed by atoms with E-state index in [1.165, 1.54) is 17.9 Å². The topological polar surface area (TPSA) is 125 Å². The highest BCUT2D eigenvalue weighted by atomic mass is 32.2. The van der Waals surface area contributed by atoms with Crippen LogP contribution in [0.25, 0.3) is 0 Å². The van der Waals surface area contributed by atoms with Crippen molar-refractivity contribution in [1.29, 1.82) is 0 Å². The van der Waals surface area contributed by atoms with Crippen LogP contribution in [0, 0.1) is 5.92 Å². The third kappa shape index (κ3) is 4.96. The highest BCUT2D eigenvalue weighted by Gasteiger charge is 2.61. The Morgan fingerprint density at radius 3 is 2.74 bits per heavy atom. The first kappa shape index (κ1) is 24.3. The molecule has 2 fully saturated rings. The van der Waals surface area contributed by atoms with Crippen LogP contribution in [0.3, 0.4) is 0 Å². The molecular formula is C24H32N4O5S. The molecule has 1 saturated carbocycles. The van der Waals surface area contributed by atoms with E-state index >= 15 is 0 Å². The first-order valence-corrected chi connectivity index (χ1v) is 13.4. The largest absolute Gasteiger partial charge is 0.384 e. The predicted molar refractivity (Wildman–Crippen MR) is 127 cm³/mol. The Labute approximate surface area is 200 Å². The number of benzene rings is 1. The molecule has 0 aromatic heterocycles. The zero-order valence-electron chi connectivity index (χ0n) is 19.4. The highest BCUT2D eigenvalue weighted by molar-refractivity contribution is 7.90. The number of rotatable bonds is 2. The summed E-state index contributed by atoms with van der Waals surface area (Å²) in [4.78, 5) is 39.9. The van der Waals surface area contributed by atoms with Crippen LogP contribution in [0.4, 0.5) is 5.69 Å². The molecular weight excluding hydrogens is 456 g/mol. The molecule has 1 aromatic rings. The predicted octanol–water partition coefficient (Wildman–Crippen LogP) is 1.92. The second kappa shape index (κ2) is 9.77. The van der Waals surface area contributed by atoms with Gasteiger partial charge in [0.05, 0.1) is 5.69 Å². The molecule has 1 aromatic carbocycles. The zero-order chi connectivity index (χ0) is 24.3. The Morgan fingerprint density at radius 1 is 1.15 bits per heavy atom. The van der Waals surface area contributed by atoms with Gasteiger partial charge in [-0.25, -0.2) is 13.1 Å². The summed E-state index contributed by atoms with van der Waals surface area (Å²) in [6, 6.07) is 5.82. The van der Waals surface area contributed by atoms with Crippen molar-refractivity contribution in [3.8, 4) is 0 Å². The summed E-state index contributed by atoms with van der Waals surface area (Å²) in [6.07, 6.45) is 9.13. The van der Waals surface area contributed by atoms with Crippen LogP contribution in [0.1, 0.15) is 51.9 Å². The van der Waals surface area contributed by atoms with Crippen LogP contribution in [-0.2, 0) is 24.4 Å². The molecule has 4 rings (SSSR count). The monoisotopic (exact) mass is 488 g/mol. The van der Waals surface area contributed by atoms with Gasteiger partial charge >= 0.3 is 0 Å². The number of hydrogen-bond acceptors (Lipinski definition) is 6. The summed E-state index contributed by atoms with van der Waals surface area (Å²) in [5.41, 5.74) is -0.918. The number of likely N-dealkylation sites (tertiary alicyclic amines) is 1. The number of amides is 3. The fourth-order valence-corrected chi connectivity index (χ4v) is 6.09. The summed E-state index contributed by atoms with van der Waals surface area (Å²) < 4.78 is 28.6. The molecule has 184 valence electrons. The van der Waals surface area contributed by atoms with Crippen molar-refractivity contribution in [3.05, 3.63) is 36.4 Å². The molecule has 3 aliphatic rings. The Morgan fingerprint density at radius 2 is 1.94 bits per heavy atom. The van der Waals surface area contributed by atoms with E-state index in [0.29, 0.717) is 38.0 Å². The first-order valence-electron chi connectivity index (χ1n) is 11.9. The van der Waals surface area contributed by atoms with E-state index in [1.807, 2.05) is 12.2 Å². The van der Waals surface area contributed by atoms with Gasteiger partial charge in [-0.15, -0.1) is 0 Å². The molecule has 10 heteroatoms. The Kier molecular flexibility index (Phi) is 6.97. The lowest BCUT2D eigenvalue weighted by Crippen LogP contribution is -2.56. The molecule has 2 heterocycles. The van der Waals surface area contributed by atoms with Crippen LogP contribution in [0.5, 0.6) is 0 Å². The normalized spacial score (nSPS) is 29.8. The van der Waals surface area contributed by atoms with Crippen LogP contribution >= 0.6 is 0 Å². The minimum atomic E-state index is -4.17. The van der Waals surface area contributed by atoms with Gasteiger partial charge < -0.3 is 15.5 Å². The molecule has 9 nitrogen and oxygen atoms in total. The van der Waals surface area contributed by atoms with Crippen LogP contribution < -0.4 is 15.4 Å². The maximum Gasteiger partial charge on any atom is 0.266 e. The maximum absolute atomic E-state index is 13.4. The SMILES string of the molecule is CC(=O)N1CCC[C@H]1C(=O)N[C@]12C[C@H]1/C=C\CCCCCNc1ccccc1S(=O)(=O)NC2=O. The van der Waals surface area contributed by atoms with Crippen LogP contribution in [0.2, 0.25) is 0 Å². The van der Waals surface area contributed by atoms with Crippen molar-refractivity contribution >= 4 is 33.4 Å². The first-order chi connectivity index (χ1) is 16.2. The molecule has 0 unspecified atom stereocenters. The number of hydrogen-bond donors (Lipinski definition) is 3. The number of nitrogens with one attached hydrogen (secondary N) is 3. The Bertz CT molecular complexity index is 1100. The molecule has 2 aliphatic heterocycles. The molecule has 3 N–H and O–H groups in total. The average Bonchev–Trinajstić information content (AvgIpc) is 3.25. The van der Waals surface area contributed by atoms with E-state index in [-0.39, 0.29) is 16.7 Å². The summed E-state index contributed by atoms with van der Waals surface area (Å²) in [5.74, 6) is -1.68. The average molecular weight is 489 g/mol. The smallest absolute Gasteiger partial charge is 0.266 e. The lowest BCUT2D eigenvalue weighted by Gasteiger charge is -2.26. The van der Waals surface area contributed by atoms with Gasteiger partial charge in [-0.05, 0) is 50.7 Å². The molecule has 1 aliphatic carbocycles. The third-order valence-electron chi connectivity index (χ3n) is 6.86. The van der Waals surface area contributed by atoms with Gasteiger partial charge in [-0.1, -0.05) is 30.7 Å². The summed E-state index contributed by atoms with van der Waals surface area (Å²) >= 11 is 0. The summed E-state index contributed by atoms with van der Waals surface area (Å²) in [5, 5.41) is 5.99. The van der Waals surface area contributed by atoms with E-state index in [4.69, 9.17) is 0 Å². The number of carbonyl (C=O) groups is 3. The van der Waals surface area contributed by atoms with Gasteiger partial charge in [0.15, 0.2) is 0 Å². The quantitative estimate of drug-likeness (QED) is 0.547. The zero-order valence-corrected chi connectivity index (χ0v) is 20.2. The Hall–Kier alpha value is -2.88. The van der Waals surface area contributed by atoms with Crippen molar-refractivity contribution in [1.82, 2.24) is 14.9 Å². The van der Waals surface area contributed by atoms with Crippen LogP contribution in [-0.4, -0.2) is 55.7 Å². The van der Waals surface area contributed by atoms with Crippen molar-refractivity contribution in [2.24, 2.45) is 5.92 Å². The number of sulfonamides is 1.